The van der Waals surface area contributed by atoms with Gasteiger partial charge in [0.05, 0.1) is 5.75 Å². The predicted molar refractivity (Wildman–Crippen MR) is 55.8 cm³/mol. The van der Waals surface area contributed by atoms with Crippen LogP contribution < -0.4 is 5.73 Å². The van der Waals surface area contributed by atoms with Gasteiger partial charge in [-0.2, -0.15) is 0 Å². The van der Waals surface area contributed by atoms with Crippen molar-refractivity contribution in [2.45, 2.75) is 25.1 Å². The van der Waals surface area contributed by atoms with Crippen molar-refractivity contribution in [1.82, 2.24) is 0 Å². The fourth-order valence-electron chi connectivity index (χ4n) is 0.659. The number of nitrogens with two attached hydrogens (primary N) is 1. The van der Waals surface area contributed by atoms with Gasteiger partial charge in [-0.15, -0.1) is 0 Å². The Morgan fingerprint density at radius 2 is 1.85 bits per heavy atom. The Balaban J connectivity index is 4.03. The van der Waals surface area contributed by atoms with Crippen LogP contribution in [0.5, 0.6) is 0 Å². The van der Waals surface area contributed by atoms with E-state index in [9.17, 15) is 12.6 Å². The third-order valence-corrected chi connectivity index (χ3v) is 4.88. The molecule has 0 aromatic rings. The molecule has 3 atom stereocenters. The Labute approximate surface area is 82.3 Å². The lowest BCUT2D eigenvalue weighted by molar-refractivity contribution is 0.602. The summed E-state index contributed by atoms with van der Waals surface area (Å²) in [5.74, 6) is 0.151. The second-order valence-corrected chi connectivity index (χ2v) is 7.45. The molecule has 0 aliphatic heterocycles. The smallest absolute Gasteiger partial charge is 0.148 e. The Kier molecular flexibility index (Phi) is 5.09. The van der Waals surface area contributed by atoms with Gasteiger partial charge in [-0.1, -0.05) is 0 Å². The zero-order valence-corrected chi connectivity index (χ0v) is 9.82. The van der Waals surface area contributed by atoms with Gasteiger partial charge in [-0.05, 0) is 13.8 Å². The first kappa shape index (κ1) is 13.1. The molecule has 0 saturated carbocycles. The lowest BCUT2D eigenvalue weighted by atomic mass is 10.3. The van der Waals surface area contributed by atoms with Gasteiger partial charge in [-0.3, -0.25) is 4.21 Å². The van der Waals surface area contributed by atoms with Gasteiger partial charge in [0.1, 0.15) is 9.84 Å². The van der Waals surface area contributed by atoms with Crippen molar-refractivity contribution in [1.29, 1.82) is 0 Å². The van der Waals surface area contributed by atoms with Crippen LogP contribution in [0.4, 0.5) is 0 Å². The minimum absolute atomic E-state index is 0.0311. The lowest BCUT2D eigenvalue weighted by Gasteiger charge is -2.14. The van der Waals surface area contributed by atoms with E-state index >= 15 is 0 Å². The average Bonchev–Trinajstić information content (AvgIpc) is 1.97. The molecule has 0 rings (SSSR count). The molecule has 0 aliphatic carbocycles. The molecule has 0 spiro atoms. The molecule has 80 valence electrons. The van der Waals surface area contributed by atoms with Gasteiger partial charge >= 0.3 is 0 Å². The summed E-state index contributed by atoms with van der Waals surface area (Å²) in [6, 6.07) is -0.166. The number of hydrogen-bond acceptors (Lipinski definition) is 4. The van der Waals surface area contributed by atoms with Gasteiger partial charge in [0, 0.05) is 34.1 Å². The van der Waals surface area contributed by atoms with Crippen LogP contribution in [0.25, 0.3) is 0 Å². The fraction of sp³-hybridized carbons (Fsp3) is 1.00. The standard InChI is InChI=1S/C7H17NO3S2/c1-6(8)7(2)12(9)4-5-13(3,10)11/h6-7H,4-5,8H2,1-3H3. The van der Waals surface area contributed by atoms with E-state index in [0.29, 0.717) is 0 Å². The van der Waals surface area contributed by atoms with E-state index in [4.69, 9.17) is 5.73 Å². The SMILES string of the molecule is CC(N)C(C)S(=O)CCS(C)(=O)=O. The molecular weight excluding hydrogens is 210 g/mol. The van der Waals surface area contributed by atoms with Crippen molar-refractivity contribution < 1.29 is 12.6 Å². The molecule has 3 unspecified atom stereocenters. The summed E-state index contributed by atoms with van der Waals surface area (Å²) in [5, 5.41) is -0.151. The van der Waals surface area contributed by atoms with E-state index in [1.807, 2.05) is 0 Å². The molecule has 0 fully saturated rings. The summed E-state index contributed by atoms with van der Waals surface area (Å²) in [7, 11) is -4.16. The van der Waals surface area contributed by atoms with Crippen molar-refractivity contribution in [3.05, 3.63) is 0 Å². The highest BCUT2D eigenvalue weighted by Crippen LogP contribution is 2.01. The molecule has 13 heavy (non-hydrogen) atoms. The Morgan fingerprint density at radius 3 is 2.15 bits per heavy atom. The van der Waals surface area contributed by atoms with Crippen LogP contribution in [0.3, 0.4) is 0 Å². The first-order valence-corrected chi connectivity index (χ1v) is 7.49. The van der Waals surface area contributed by atoms with E-state index in [-0.39, 0.29) is 22.8 Å². The molecule has 0 aliphatic rings. The average molecular weight is 227 g/mol. The maximum Gasteiger partial charge on any atom is 0.148 e. The topological polar surface area (TPSA) is 77.2 Å². The fourth-order valence-corrected chi connectivity index (χ4v) is 3.38. The van der Waals surface area contributed by atoms with Crippen LogP contribution in [-0.4, -0.2) is 41.7 Å². The maximum atomic E-state index is 11.4. The number of sulfone groups is 1. The predicted octanol–water partition coefficient (Wildman–Crippen LogP) is -0.485. The van der Waals surface area contributed by atoms with Crippen LogP contribution in [0.15, 0.2) is 0 Å². The zero-order chi connectivity index (χ0) is 10.6. The van der Waals surface area contributed by atoms with Gasteiger partial charge < -0.3 is 5.73 Å². The third kappa shape index (κ3) is 6.17. The van der Waals surface area contributed by atoms with E-state index in [2.05, 4.69) is 0 Å². The van der Waals surface area contributed by atoms with Crippen LogP contribution in [0.1, 0.15) is 13.8 Å². The quantitative estimate of drug-likeness (QED) is 0.688. The molecule has 0 aromatic carbocycles. The summed E-state index contributed by atoms with van der Waals surface area (Å²) in [6.07, 6.45) is 1.14. The summed E-state index contributed by atoms with van der Waals surface area (Å²) >= 11 is 0. The van der Waals surface area contributed by atoms with Crippen molar-refractivity contribution in [3.8, 4) is 0 Å². The van der Waals surface area contributed by atoms with Crippen molar-refractivity contribution >= 4 is 20.6 Å². The molecule has 0 amide bonds. The summed E-state index contributed by atoms with van der Waals surface area (Å²) in [4.78, 5) is 0. The minimum atomic E-state index is -3.01. The van der Waals surface area contributed by atoms with E-state index < -0.39 is 20.6 Å². The van der Waals surface area contributed by atoms with E-state index in [1.54, 1.807) is 13.8 Å². The van der Waals surface area contributed by atoms with Crippen molar-refractivity contribution in [3.63, 3.8) is 0 Å². The maximum absolute atomic E-state index is 11.4. The first-order chi connectivity index (χ1) is 5.74. The van der Waals surface area contributed by atoms with Crippen LogP contribution >= 0.6 is 0 Å². The second kappa shape index (κ2) is 5.07. The molecule has 0 saturated heterocycles. The monoisotopic (exact) mass is 227 g/mol. The van der Waals surface area contributed by atoms with Crippen molar-refractivity contribution in [2.75, 3.05) is 17.8 Å². The van der Waals surface area contributed by atoms with Gasteiger partial charge in [-0.25, -0.2) is 8.42 Å². The van der Waals surface area contributed by atoms with Crippen molar-refractivity contribution in [2.24, 2.45) is 5.73 Å². The van der Waals surface area contributed by atoms with Crippen LogP contribution in [0, 0.1) is 0 Å². The van der Waals surface area contributed by atoms with Crippen LogP contribution in [-0.2, 0) is 20.6 Å². The molecule has 0 aromatic heterocycles. The Bertz CT molecular complexity index is 271. The zero-order valence-electron chi connectivity index (χ0n) is 8.19. The second-order valence-electron chi connectivity index (χ2n) is 3.28. The Hall–Kier alpha value is 0.0600. The molecule has 0 heterocycles. The largest absolute Gasteiger partial charge is 0.327 e. The van der Waals surface area contributed by atoms with Crippen LogP contribution in [0.2, 0.25) is 0 Å². The molecule has 0 radical (unpaired) electrons. The Morgan fingerprint density at radius 1 is 1.38 bits per heavy atom. The summed E-state index contributed by atoms with van der Waals surface area (Å²) in [6.45, 7) is 3.53. The molecule has 4 nitrogen and oxygen atoms in total. The van der Waals surface area contributed by atoms with E-state index in [1.165, 1.54) is 0 Å². The first-order valence-electron chi connectivity index (χ1n) is 4.04. The molecule has 0 bridgehead atoms. The van der Waals surface area contributed by atoms with Gasteiger partial charge in [0.2, 0.25) is 0 Å². The number of hydrogen-bond donors (Lipinski definition) is 1. The summed E-state index contributed by atoms with van der Waals surface area (Å²) in [5.41, 5.74) is 5.53. The normalized spacial score (nSPS) is 19.4. The summed E-state index contributed by atoms with van der Waals surface area (Å²) < 4.78 is 32.9. The van der Waals surface area contributed by atoms with E-state index in [0.717, 1.165) is 6.26 Å². The highest BCUT2D eigenvalue weighted by Gasteiger charge is 2.16. The highest BCUT2D eigenvalue weighted by atomic mass is 32.2. The molecule has 6 heteroatoms. The van der Waals surface area contributed by atoms with Gasteiger partial charge in [0.25, 0.3) is 0 Å². The molecule has 2 N–H and O–H groups in total. The highest BCUT2D eigenvalue weighted by molar-refractivity contribution is 7.92. The third-order valence-electron chi connectivity index (χ3n) is 1.81. The number of rotatable bonds is 5. The molecular formula is C7H17NO3S2. The lowest BCUT2D eigenvalue weighted by Crippen LogP contribution is -2.34. The minimum Gasteiger partial charge on any atom is -0.327 e. The van der Waals surface area contributed by atoms with Gasteiger partial charge in [0.15, 0.2) is 0 Å².